The molecule has 2 aromatic rings. The average Bonchev–Trinajstić information content (AvgIpc) is 3.07. The molecule has 1 fully saturated rings. The Labute approximate surface area is 99.3 Å². The number of hydrogen-bond acceptors (Lipinski definition) is 4. The molecule has 5 heteroatoms. The molecule has 2 heterocycles. The molecule has 3 rings (SSSR count). The van der Waals surface area contributed by atoms with Gasteiger partial charge in [-0.25, -0.2) is 9.50 Å². The molecule has 1 aliphatic rings. The maximum absolute atomic E-state index is 8.72. The Hall–Kier alpha value is -2.09. The predicted molar refractivity (Wildman–Crippen MR) is 63.6 cm³/mol. The minimum atomic E-state index is 0.535. The van der Waals surface area contributed by atoms with Crippen molar-refractivity contribution in [1.29, 1.82) is 5.26 Å². The summed E-state index contributed by atoms with van der Waals surface area (Å²) in [7, 11) is 0. The molecular formula is C12H13N5. The lowest BCUT2D eigenvalue weighted by atomic mass is 10.3. The van der Waals surface area contributed by atoms with Gasteiger partial charge in [0.25, 0.3) is 0 Å². The number of rotatable bonds is 4. The van der Waals surface area contributed by atoms with Crippen LogP contribution in [0.15, 0.2) is 24.7 Å². The van der Waals surface area contributed by atoms with E-state index in [0.717, 1.165) is 17.9 Å². The van der Waals surface area contributed by atoms with Crippen LogP contribution >= 0.6 is 0 Å². The highest BCUT2D eigenvalue weighted by atomic mass is 15.3. The van der Waals surface area contributed by atoms with E-state index in [2.05, 4.69) is 21.1 Å². The van der Waals surface area contributed by atoms with E-state index in [9.17, 15) is 0 Å². The molecule has 0 saturated heterocycles. The van der Waals surface area contributed by atoms with Crippen molar-refractivity contribution >= 4 is 11.3 Å². The van der Waals surface area contributed by atoms with Gasteiger partial charge in [-0.3, -0.25) is 0 Å². The zero-order valence-corrected chi connectivity index (χ0v) is 9.45. The van der Waals surface area contributed by atoms with Crippen molar-refractivity contribution in [2.45, 2.75) is 25.3 Å². The van der Waals surface area contributed by atoms with E-state index in [1.54, 1.807) is 12.4 Å². The second kappa shape index (κ2) is 4.06. The van der Waals surface area contributed by atoms with Crippen molar-refractivity contribution in [3.8, 4) is 6.07 Å². The summed E-state index contributed by atoms with van der Waals surface area (Å²) < 4.78 is 1.82. The number of anilines is 1. The Kier molecular flexibility index (Phi) is 2.41. The summed E-state index contributed by atoms with van der Waals surface area (Å²) in [6.07, 6.45) is 8.30. The van der Waals surface area contributed by atoms with Crippen molar-refractivity contribution in [2.24, 2.45) is 0 Å². The highest BCUT2D eigenvalue weighted by molar-refractivity contribution is 5.69. The molecular weight excluding hydrogens is 214 g/mol. The van der Waals surface area contributed by atoms with Crippen molar-refractivity contribution in [2.75, 3.05) is 11.4 Å². The highest BCUT2D eigenvalue weighted by Crippen LogP contribution is 2.32. The molecule has 0 atom stereocenters. The molecule has 1 aliphatic carbocycles. The second-order valence-electron chi connectivity index (χ2n) is 4.24. The standard InChI is InChI=1S/C12H13N5/c13-5-1-8-16(10-2-3-10)12-11-4-6-15-17(11)9-7-14-12/h4,6-7,9-10H,1-3,8H2. The first-order chi connectivity index (χ1) is 8.40. The molecule has 0 unspecified atom stereocenters. The third-order valence-corrected chi connectivity index (χ3v) is 3.03. The van der Waals surface area contributed by atoms with Gasteiger partial charge in [0.15, 0.2) is 5.82 Å². The smallest absolute Gasteiger partial charge is 0.154 e. The van der Waals surface area contributed by atoms with E-state index in [0.29, 0.717) is 12.5 Å². The Bertz CT molecular complexity index is 564. The third kappa shape index (κ3) is 1.82. The fraction of sp³-hybridized carbons (Fsp3) is 0.417. The predicted octanol–water partition coefficient (Wildman–Crippen LogP) is 1.61. The third-order valence-electron chi connectivity index (χ3n) is 3.03. The summed E-state index contributed by atoms with van der Waals surface area (Å²) in [5.41, 5.74) is 1.01. The number of hydrogen-bond donors (Lipinski definition) is 0. The summed E-state index contributed by atoms with van der Waals surface area (Å²) in [5.74, 6) is 0.947. The maximum Gasteiger partial charge on any atom is 0.154 e. The molecule has 17 heavy (non-hydrogen) atoms. The molecule has 5 nitrogen and oxygen atoms in total. The minimum absolute atomic E-state index is 0.535. The lowest BCUT2D eigenvalue weighted by molar-refractivity contribution is 0.775. The lowest BCUT2D eigenvalue weighted by Gasteiger charge is -2.22. The van der Waals surface area contributed by atoms with E-state index >= 15 is 0 Å². The zero-order chi connectivity index (χ0) is 11.7. The van der Waals surface area contributed by atoms with Gasteiger partial charge in [0.2, 0.25) is 0 Å². The SMILES string of the molecule is N#CCCN(c1nccn2nccc12)C1CC1. The summed E-state index contributed by atoms with van der Waals surface area (Å²) in [5, 5.41) is 12.9. The Balaban J connectivity index is 1.99. The molecule has 0 N–H and O–H groups in total. The van der Waals surface area contributed by atoms with Crippen LogP contribution in [0.3, 0.4) is 0 Å². The zero-order valence-electron chi connectivity index (χ0n) is 9.45. The molecule has 2 aromatic heterocycles. The summed E-state index contributed by atoms with van der Waals surface area (Å²) in [6, 6.07) is 4.72. The van der Waals surface area contributed by atoms with E-state index < -0.39 is 0 Å². The van der Waals surface area contributed by atoms with Crippen molar-refractivity contribution in [3.05, 3.63) is 24.7 Å². The van der Waals surface area contributed by atoms with Gasteiger partial charge in [0, 0.05) is 25.0 Å². The lowest BCUT2D eigenvalue weighted by Crippen LogP contribution is -2.28. The fourth-order valence-corrected chi connectivity index (χ4v) is 2.08. The van der Waals surface area contributed by atoms with Gasteiger partial charge in [-0.15, -0.1) is 0 Å². The Morgan fingerprint density at radius 2 is 2.35 bits per heavy atom. The van der Waals surface area contributed by atoms with Crippen LogP contribution in [-0.2, 0) is 0 Å². The van der Waals surface area contributed by atoms with Gasteiger partial charge in [-0.1, -0.05) is 0 Å². The van der Waals surface area contributed by atoms with E-state index in [-0.39, 0.29) is 0 Å². The number of nitrogens with zero attached hydrogens (tertiary/aromatic N) is 5. The van der Waals surface area contributed by atoms with Crippen molar-refractivity contribution in [3.63, 3.8) is 0 Å². The monoisotopic (exact) mass is 227 g/mol. The average molecular weight is 227 g/mol. The molecule has 0 aliphatic heterocycles. The molecule has 0 amide bonds. The second-order valence-corrected chi connectivity index (χ2v) is 4.24. The van der Waals surface area contributed by atoms with Crippen LogP contribution in [0, 0.1) is 11.3 Å². The number of nitriles is 1. The normalized spacial score (nSPS) is 14.8. The molecule has 1 saturated carbocycles. The van der Waals surface area contributed by atoms with Crippen LogP contribution in [0.25, 0.3) is 5.52 Å². The number of aromatic nitrogens is 3. The highest BCUT2D eigenvalue weighted by Gasteiger charge is 2.30. The van der Waals surface area contributed by atoms with Crippen LogP contribution in [-0.4, -0.2) is 27.2 Å². The van der Waals surface area contributed by atoms with E-state index in [1.807, 2.05) is 16.8 Å². The first-order valence-electron chi connectivity index (χ1n) is 5.82. The van der Waals surface area contributed by atoms with Crippen LogP contribution in [0.2, 0.25) is 0 Å². The van der Waals surface area contributed by atoms with E-state index in [4.69, 9.17) is 5.26 Å². The van der Waals surface area contributed by atoms with Gasteiger partial charge >= 0.3 is 0 Å². The van der Waals surface area contributed by atoms with Crippen LogP contribution in [0.5, 0.6) is 0 Å². The van der Waals surface area contributed by atoms with Crippen LogP contribution in [0.4, 0.5) is 5.82 Å². The van der Waals surface area contributed by atoms with Crippen molar-refractivity contribution < 1.29 is 0 Å². The molecule has 0 aromatic carbocycles. The van der Waals surface area contributed by atoms with Crippen molar-refractivity contribution in [1.82, 2.24) is 14.6 Å². The maximum atomic E-state index is 8.72. The van der Waals surface area contributed by atoms with Crippen LogP contribution in [0.1, 0.15) is 19.3 Å². The first kappa shape index (κ1) is 10.1. The molecule has 86 valence electrons. The van der Waals surface area contributed by atoms with Gasteiger partial charge in [-0.2, -0.15) is 10.4 Å². The fourth-order valence-electron chi connectivity index (χ4n) is 2.08. The van der Waals surface area contributed by atoms with E-state index in [1.165, 1.54) is 12.8 Å². The summed E-state index contributed by atoms with van der Waals surface area (Å²) in [6.45, 7) is 0.749. The van der Waals surface area contributed by atoms with Gasteiger partial charge < -0.3 is 4.90 Å². The molecule has 0 spiro atoms. The largest absolute Gasteiger partial charge is 0.351 e. The minimum Gasteiger partial charge on any atom is -0.351 e. The van der Waals surface area contributed by atoms with Gasteiger partial charge in [0.05, 0.1) is 18.7 Å². The quantitative estimate of drug-likeness (QED) is 0.796. The molecule has 0 radical (unpaired) electrons. The van der Waals surface area contributed by atoms with Gasteiger partial charge in [0.1, 0.15) is 5.52 Å². The Morgan fingerprint density at radius 1 is 1.47 bits per heavy atom. The topological polar surface area (TPSA) is 57.2 Å². The number of fused-ring (bicyclic) bond motifs is 1. The van der Waals surface area contributed by atoms with Crippen LogP contribution < -0.4 is 4.90 Å². The summed E-state index contributed by atoms with van der Waals surface area (Å²) >= 11 is 0. The van der Waals surface area contributed by atoms with Gasteiger partial charge in [-0.05, 0) is 18.9 Å². The Morgan fingerprint density at radius 3 is 3.12 bits per heavy atom. The first-order valence-corrected chi connectivity index (χ1v) is 5.82. The summed E-state index contributed by atoms with van der Waals surface area (Å²) in [4.78, 5) is 6.69. The molecule has 0 bridgehead atoms.